The summed E-state index contributed by atoms with van der Waals surface area (Å²) in [6.45, 7) is 4.08. The number of hydrogen-bond acceptors (Lipinski definition) is 2. The van der Waals surface area contributed by atoms with E-state index >= 15 is 0 Å². The number of aromatic amines is 1. The molecule has 1 aromatic heterocycles. The van der Waals surface area contributed by atoms with Gasteiger partial charge in [0.05, 0.1) is 11.1 Å². The maximum Gasteiger partial charge on any atom is 0.250 e. The third-order valence-corrected chi connectivity index (χ3v) is 2.80. The van der Waals surface area contributed by atoms with E-state index in [2.05, 4.69) is 4.98 Å². The summed E-state index contributed by atoms with van der Waals surface area (Å²) >= 11 is 0. The van der Waals surface area contributed by atoms with Crippen molar-refractivity contribution < 1.29 is 47.3 Å². The van der Waals surface area contributed by atoms with Crippen LogP contribution in [0.5, 0.6) is 0 Å². The zero-order valence-corrected chi connectivity index (χ0v) is 9.95. The fourth-order valence-corrected chi connectivity index (χ4v) is 2.18. The van der Waals surface area contributed by atoms with E-state index in [1.807, 2.05) is 13.8 Å². The number of hydrogen-bond donors (Lipinski definition) is 2. The number of carbonyl (C=O) groups excluding carboxylic acids is 2. The van der Waals surface area contributed by atoms with Gasteiger partial charge in [0.2, 0.25) is 0 Å². The van der Waals surface area contributed by atoms with Gasteiger partial charge in [-0.15, -0.1) is 0 Å². The van der Waals surface area contributed by atoms with E-state index in [4.69, 9.17) is 5.73 Å². The van der Waals surface area contributed by atoms with Gasteiger partial charge in [0.1, 0.15) is 0 Å². The molecule has 16 heavy (non-hydrogen) atoms. The summed E-state index contributed by atoms with van der Waals surface area (Å²) in [6, 6.07) is 0. The Labute approximate surface area is 124 Å². The summed E-state index contributed by atoms with van der Waals surface area (Å²) in [5.41, 5.74) is 6.83. The quantitative estimate of drug-likeness (QED) is 0.782. The van der Waals surface area contributed by atoms with Gasteiger partial charge in [0, 0.05) is 56.0 Å². The summed E-state index contributed by atoms with van der Waals surface area (Å²) in [5.74, 6) is -0.531. The first-order valence-electron chi connectivity index (χ1n) is 4.94. The van der Waals surface area contributed by atoms with Crippen molar-refractivity contribution in [1.82, 2.24) is 4.98 Å². The monoisotopic (exact) mass is 246 g/mol. The first-order valence-corrected chi connectivity index (χ1v) is 4.94. The number of Topliss-reactive ketones (excluding diaryl/α,β-unsaturated/α-hetero) is 1. The van der Waals surface area contributed by atoms with Crippen LogP contribution in [0.1, 0.15) is 46.7 Å². The van der Waals surface area contributed by atoms with Crippen LogP contribution >= 0.6 is 0 Å². The van der Waals surface area contributed by atoms with E-state index < -0.39 is 5.91 Å². The smallest absolute Gasteiger partial charge is 0.250 e. The van der Waals surface area contributed by atoms with Crippen molar-refractivity contribution >= 4 is 11.7 Å². The average Bonchev–Trinajstić information content (AvgIpc) is 2.45. The van der Waals surface area contributed by atoms with Crippen molar-refractivity contribution in [3.63, 3.8) is 0 Å². The minimum absolute atomic E-state index is 0. The van der Waals surface area contributed by atoms with Gasteiger partial charge in [-0.1, -0.05) is 13.8 Å². The van der Waals surface area contributed by atoms with Crippen LogP contribution in [-0.2, 0) is 6.42 Å². The molecule has 5 heteroatoms. The molecule has 1 amide bonds. The number of fused-ring (bicyclic) bond motifs is 1. The van der Waals surface area contributed by atoms with Crippen LogP contribution in [0.15, 0.2) is 6.20 Å². The average molecular weight is 246 g/mol. The maximum atomic E-state index is 11.9. The Hall–Kier alpha value is -0.320. The second-order valence-corrected chi connectivity index (χ2v) is 4.86. The van der Waals surface area contributed by atoms with Crippen molar-refractivity contribution in [2.75, 3.05) is 0 Å². The summed E-state index contributed by atoms with van der Waals surface area (Å²) in [4.78, 5) is 25.9. The minimum atomic E-state index is -0.541. The Bertz CT molecular complexity index is 449. The fourth-order valence-electron chi connectivity index (χ4n) is 2.18. The molecular formula is C11H14ArN2O2. The van der Waals surface area contributed by atoms with Crippen molar-refractivity contribution in [2.45, 2.75) is 26.7 Å². The Morgan fingerprint density at radius 3 is 2.62 bits per heavy atom. The molecule has 0 aromatic carbocycles. The first kappa shape index (κ1) is 13.7. The maximum absolute atomic E-state index is 11.9. The third-order valence-electron chi connectivity index (χ3n) is 2.80. The number of nitrogens with two attached hydrogens (primary N) is 1. The Morgan fingerprint density at radius 1 is 1.44 bits per heavy atom. The molecule has 1 aromatic rings. The molecule has 0 atom stereocenters. The van der Waals surface area contributed by atoms with Crippen LogP contribution < -0.4 is 5.73 Å². The molecule has 0 aliphatic heterocycles. The summed E-state index contributed by atoms with van der Waals surface area (Å²) in [6.07, 6.45) is 2.78. The van der Waals surface area contributed by atoms with Crippen molar-refractivity contribution in [3.8, 4) is 0 Å². The van der Waals surface area contributed by atoms with Gasteiger partial charge in [-0.25, -0.2) is 0 Å². The topological polar surface area (TPSA) is 76.0 Å². The predicted molar refractivity (Wildman–Crippen MR) is 55.7 cm³/mol. The van der Waals surface area contributed by atoms with Crippen molar-refractivity contribution in [1.29, 1.82) is 0 Å². The Balaban J connectivity index is 0.00000128. The summed E-state index contributed by atoms with van der Waals surface area (Å²) < 4.78 is 0. The van der Waals surface area contributed by atoms with Gasteiger partial charge in [-0.2, -0.15) is 0 Å². The molecule has 1 aliphatic carbocycles. The van der Waals surface area contributed by atoms with Crippen LogP contribution in [-0.4, -0.2) is 16.7 Å². The molecule has 0 bridgehead atoms. The first-order chi connectivity index (χ1) is 6.91. The largest absolute Gasteiger partial charge is 0.366 e. The van der Waals surface area contributed by atoms with Crippen molar-refractivity contribution in [3.05, 3.63) is 23.0 Å². The zero-order valence-electron chi connectivity index (χ0n) is 9.24. The normalized spacial score (nSPS) is 17.5. The number of H-pyrrole nitrogens is 1. The number of rotatable bonds is 1. The third kappa shape index (κ3) is 2.34. The van der Waals surface area contributed by atoms with Crippen LogP contribution in [0.4, 0.5) is 0 Å². The molecule has 0 saturated carbocycles. The van der Waals surface area contributed by atoms with Gasteiger partial charge < -0.3 is 10.7 Å². The summed E-state index contributed by atoms with van der Waals surface area (Å²) in [7, 11) is 0. The van der Waals surface area contributed by atoms with E-state index in [9.17, 15) is 9.59 Å². The molecular weight excluding hydrogens is 232 g/mol. The predicted octanol–water partition coefficient (Wildman–Crippen LogP) is 1.27. The fraction of sp³-hybridized carbons (Fsp3) is 0.455. The molecule has 88 valence electrons. The van der Waals surface area contributed by atoms with E-state index in [1.165, 1.54) is 6.20 Å². The van der Waals surface area contributed by atoms with Crippen LogP contribution in [0.3, 0.4) is 0 Å². The number of carbonyl (C=O) groups is 2. The van der Waals surface area contributed by atoms with Crippen LogP contribution in [0, 0.1) is 43.2 Å². The number of primary amides is 1. The van der Waals surface area contributed by atoms with E-state index in [1.54, 1.807) is 0 Å². The second kappa shape index (κ2) is 4.51. The molecule has 0 spiro atoms. The molecule has 0 saturated heterocycles. The van der Waals surface area contributed by atoms with Gasteiger partial charge >= 0.3 is 0 Å². The SMILES string of the molecule is CC1(C)CC(=O)c2c(C(N)=O)c[nH]c2C1.[Ar]. The number of nitrogens with one attached hydrogen (secondary N) is 1. The number of ketones is 1. The second-order valence-electron chi connectivity index (χ2n) is 4.86. The van der Waals surface area contributed by atoms with Crippen LogP contribution in [0.25, 0.3) is 0 Å². The molecule has 0 unspecified atom stereocenters. The molecule has 0 radical (unpaired) electrons. The Kier molecular flexibility index (Phi) is 3.87. The molecule has 0 fully saturated rings. The molecule has 3 N–H and O–H groups in total. The van der Waals surface area contributed by atoms with Crippen molar-refractivity contribution in [2.24, 2.45) is 11.1 Å². The number of aromatic nitrogens is 1. The van der Waals surface area contributed by atoms with Gasteiger partial charge in [-0.05, 0) is 11.8 Å². The van der Waals surface area contributed by atoms with Gasteiger partial charge in [0.15, 0.2) is 5.78 Å². The van der Waals surface area contributed by atoms with E-state index in [-0.39, 0.29) is 48.9 Å². The minimum Gasteiger partial charge on any atom is -0.366 e. The van der Waals surface area contributed by atoms with Gasteiger partial charge in [0.25, 0.3) is 5.91 Å². The standard InChI is InChI=1S/C11H14N2O2.Ar/c1-11(2)3-7-9(8(14)4-11)6(5-13-7)10(12)15;/h5,13H,3-4H2,1-2H3,(H2,12,15);. The van der Waals surface area contributed by atoms with E-state index in [0.717, 1.165) is 12.1 Å². The van der Waals surface area contributed by atoms with Crippen LogP contribution in [0.2, 0.25) is 0 Å². The molecule has 1 aliphatic rings. The molecule has 4 nitrogen and oxygen atoms in total. The van der Waals surface area contributed by atoms with Gasteiger partial charge in [-0.3, -0.25) is 9.59 Å². The number of amides is 1. The Morgan fingerprint density at radius 2 is 2.06 bits per heavy atom. The summed E-state index contributed by atoms with van der Waals surface area (Å²) in [5, 5.41) is 0. The molecule has 2 rings (SSSR count). The zero-order chi connectivity index (χ0) is 11.2. The molecule has 1 heterocycles. The van der Waals surface area contributed by atoms with E-state index in [0.29, 0.717) is 17.5 Å².